The summed E-state index contributed by atoms with van der Waals surface area (Å²) in [5.41, 5.74) is 7.57. The summed E-state index contributed by atoms with van der Waals surface area (Å²) in [6.07, 6.45) is 11.2. The van der Waals surface area contributed by atoms with E-state index in [0.29, 0.717) is 6.04 Å². The maximum absolute atomic E-state index is 5.07. The van der Waals surface area contributed by atoms with Crippen LogP contribution in [0.15, 0.2) is 58.8 Å². The van der Waals surface area contributed by atoms with Gasteiger partial charge in [0.15, 0.2) is 5.82 Å². The van der Waals surface area contributed by atoms with Crippen LogP contribution >= 0.6 is 0 Å². The molecule has 0 saturated carbocycles. The van der Waals surface area contributed by atoms with Gasteiger partial charge in [-0.25, -0.2) is 9.97 Å². The van der Waals surface area contributed by atoms with E-state index in [1.165, 1.54) is 30.4 Å². The van der Waals surface area contributed by atoms with Crippen molar-refractivity contribution < 1.29 is 0 Å². The third-order valence-electron chi connectivity index (χ3n) is 5.74. The third kappa shape index (κ3) is 2.89. The number of nitrogens with zero attached hydrogens (tertiary/aromatic N) is 4. The molecule has 2 aliphatic heterocycles. The molecule has 1 aromatic carbocycles. The number of anilines is 1. The van der Waals surface area contributed by atoms with E-state index in [1.807, 2.05) is 12.1 Å². The van der Waals surface area contributed by atoms with Gasteiger partial charge in [-0.15, -0.1) is 0 Å². The molecular formula is C23H24N4. The second kappa shape index (κ2) is 6.45. The monoisotopic (exact) mass is 356 g/mol. The summed E-state index contributed by atoms with van der Waals surface area (Å²) in [6.45, 7) is 5.42. The minimum atomic E-state index is 0.496. The van der Waals surface area contributed by atoms with Crippen LogP contribution in [-0.4, -0.2) is 28.3 Å². The number of fused-ring (bicyclic) bond motifs is 2. The van der Waals surface area contributed by atoms with Crippen molar-refractivity contribution in [2.45, 2.75) is 45.6 Å². The van der Waals surface area contributed by atoms with Crippen LogP contribution in [-0.2, 0) is 0 Å². The Balaban J connectivity index is 1.66. The fourth-order valence-electron chi connectivity index (χ4n) is 4.30. The lowest BCUT2D eigenvalue weighted by Crippen LogP contribution is -2.38. The van der Waals surface area contributed by atoms with Gasteiger partial charge in [-0.1, -0.05) is 18.2 Å². The summed E-state index contributed by atoms with van der Waals surface area (Å²) in [5, 5.41) is 0. The molecule has 27 heavy (non-hydrogen) atoms. The number of para-hydroxylation sites is 2. The molecule has 0 N–H and O–H groups in total. The summed E-state index contributed by atoms with van der Waals surface area (Å²) >= 11 is 0. The molecule has 0 radical (unpaired) electrons. The van der Waals surface area contributed by atoms with Crippen LogP contribution in [0.2, 0.25) is 0 Å². The quantitative estimate of drug-likeness (QED) is 0.753. The molecule has 4 heteroatoms. The topological polar surface area (TPSA) is 41.4 Å². The Morgan fingerprint density at radius 2 is 1.81 bits per heavy atom. The number of aromatic nitrogens is 2. The highest BCUT2D eigenvalue weighted by Gasteiger charge is 2.26. The van der Waals surface area contributed by atoms with E-state index >= 15 is 0 Å². The molecule has 0 amide bonds. The van der Waals surface area contributed by atoms with Crippen molar-refractivity contribution in [3.8, 4) is 0 Å². The molecule has 1 fully saturated rings. The Hall–Kier alpha value is -2.75. The maximum atomic E-state index is 5.07. The van der Waals surface area contributed by atoms with Gasteiger partial charge in [0.2, 0.25) is 0 Å². The van der Waals surface area contributed by atoms with Gasteiger partial charge in [0.1, 0.15) is 5.69 Å². The number of benzene rings is 1. The first-order chi connectivity index (χ1) is 13.2. The zero-order chi connectivity index (χ0) is 18.4. The second-order valence-corrected chi connectivity index (χ2v) is 7.73. The van der Waals surface area contributed by atoms with Crippen LogP contribution in [0.5, 0.6) is 0 Å². The van der Waals surface area contributed by atoms with Gasteiger partial charge in [-0.2, -0.15) is 0 Å². The predicted molar refractivity (Wildman–Crippen MR) is 112 cm³/mol. The second-order valence-electron chi connectivity index (χ2n) is 7.73. The average molecular weight is 356 g/mol. The van der Waals surface area contributed by atoms with Crippen molar-refractivity contribution in [1.82, 2.24) is 9.97 Å². The molecule has 0 bridgehead atoms. The molecule has 2 aromatic rings. The van der Waals surface area contributed by atoms with Crippen LogP contribution in [0, 0.1) is 0 Å². The first-order valence-corrected chi connectivity index (χ1v) is 9.91. The Bertz CT molecular complexity index is 1040. The zero-order valence-electron chi connectivity index (χ0n) is 15.9. The van der Waals surface area contributed by atoms with Crippen molar-refractivity contribution in [3.05, 3.63) is 59.5 Å². The van der Waals surface area contributed by atoms with Gasteiger partial charge in [-0.05, 0) is 63.0 Å². The van der Waals surface area contributed by atoms with E-state index in [1.54, 1.807) is 0 Å². The summed E-state index contributed by atoms with van der Waals surface area (Å²) in [4.78, 5) is 17.2. The van der Waals surface area contributed by atoms with Gasteiger partial charge in [0, 0.05) is 30.3 Å². The molecular weight excluding hydrogens is 332 g/mol. The van der Waals surface area contributed by atoms with E-state index in [0.717, 1.165) is 46.9 Å². The molecule has 3 aliphatic rings. The Morgan fingerprint density at radius 3 is 2.63 bits per heavy atom. The molecule has 0 spiro atoms. The van der Waals surface area contributed by atoms with Crippen molar-refractivity contribution in [3.63, 3.8) is 0 Å². The van der Waals surface area contributed by atoms with Gasteiger partial charge < -0.3 is 4.90 Å². The lowest BCUT2D eigenvalue weighted by molar-refractivity contribution is 0.481. The minimum absolute atomic E-state index is 0.496. The highest BCUT2D eigenvalue weighted by molar-refractivity contribution is 6.10. The Morgan fingerprint density at radius 1 is 1.00 bits per heavy atom. The first-order valence-electron chi connectivity index (χ1n) is 9.91. The molecule has 1 unspecified atom stereocenters. The van der Waals surface area contributed by atoms with Gasteiger partial charge in [0.05, 0.1) is 16.7 Å². The van der Waals surface area contributed by atoms with Gasteiger partial charge in [-0.3, -0.25) is 4.99 Å². The highest BCUT2D eigenvalue weighted by Crippen LogP contribution is 2.35. The number of allylic oxidation sites excluding steroid dienone is 6. The molecule has 1 saturated heterocycles. The lowest BCUT2D eigenvalue weighted by atomic mass is 9.95. The highest BCUT2D eigenvalue weighted by atomic mass is 15.2. The number of piperidine rings is 1. The van der Waals surface area contributed by atoms with Crippen molar-refractivity contribution in [1.29, 1.82) is 0 Å². The largest absolute Gasteiger partial charge is 0.352 e. The van der Waals surface area contributed by atoms with E-state index in [2.05, 4.69) is 54.1 Å². The van der Waals surface area contributed by atoms with Crippen molar-refractivity contribution in [2.75, 3.05) is 11.4 Å². The molecule has 1 aromatic heterocycles. The van der Waals surface area contributed by atoms with E-state index in [-0.39, 0.29) is 0 Å². The standard InChI is InChI=1S/C23H24N4/c1-15-13-18-14-17(10-11-19(18)24-15)22-23(27-12-6-5-7-16(27)2)26-21-9-4-3-8-20(21)25-22/h3-4,8-10,13-14,16H,5-7,11-12H2,1-2H3. The predicted octanol–water partition coefficient (Wildman–Crippen LogP) is 5.08. The molecule has 1 aliphatic carbocycles. The van der Waals surface area contributed by atoms with Crippen LogP contribution in [0.1, 0.15) is 45.2 Å². The fraction of sp³-hybridized carbons (Fsp3) is 0.348. The van der Waals surface area contributed by atoms with Crippen LogP contribution in [0.4, 0.5) is 5.82 Å². The summed E-state index contributed by atoms with van der Waals surface area (Å²) in [6, 6.07) is 8.68. The first kappa shape index (κ1) is 16.4. The van der Waals surface area contributed by atoms with E-state index in [9.17, 15) is 0 Å². The zero-order valence-corrected chi connectivity index (χ0v) is 15.9. The molecule has 3 heterocycles. The summed E-state index contributed by atoms with van der Waals surface area (Å²) < 4.78 is 0. The Labute approximate surface area is 160 Å². The number of aliphatic imine (C=N–C) groups is 1. The Kier molecular flexibility index (Phi) is 3.92. The number of hydrogen-bond donors (Lipinski definition) is 0. The molecule has 1 atom stereocenters. The van der Waals surface area contributed by atoms with Crippen LogP contribution in [0.25, 0.3) is 16.6 Å². The normalized spacial score (nSPS) is 22.1. The van der Waals surface area contributed by atoms with E-state index in [4.69, 9.17) is 9.97 Å². The maximum Gasteiger partial charge on any atom is 0.156 e. The SMILES string of the molecule is CC1=CC2=CC(c3nc4ccccc4nc3N3CCCCC3C)=CCC2=N1. The number of hydrogen-bond acceptors (Lipinski definition) is 4. The summed E-state index contributed by atoms with van der Waals surface area (Å²) in [5.74, 6) is 1.03. The lowest BCUT2D eigenvalue weighted by Gasteiger charge is -2.35. The fourth-order valence-corrected chi connectivity index (χ4v) is 4.30. The van der Waals surface area contributed by atoms with Crippen molar-refractivity contribution >= 4 is 28.1 Å². The average Bonchev–Trinajstić information content (AvgIpc) is 3.06. The minimum Gasteiger partial charge on any atom is -0.352 e. The van der Waals surface area contributed by atoms with Gasteiger partial charge >= 0.3 is 0 Å². The van der Waals surface area contributed by atoms with Crippen molar-refractivity contribution in [2.24, 2.45) is 4.99 Å². The molecule has 4 nitrogen and oxygen atoms in total. The van der Waals surface area contributed by atoms with Crippen LogP contribution < -0.4 is 4.90 Å². The van der Waals surface area contributed by atoms with Gasteiger partial charge in [0.25, 0.3) is 0 Å². The molecule has 136 valence electrons. The van der Waals surface area contributed by atoms with Crippen LogP contribution in [0.3, 0.4) is 0 Å². The van der Waals surface area contributed by atoms with E-state index < -0.39 is 0 Å². The number of rotatable bonds is 2. The summed E-state index contributed by atoms with van der Waals surface area (Å²) in [7, 11) is 0. The third-order valence-corrected chi connectivity index (χ3v) is 5.74. The molecule has 5 rings (SSSR count). The smallest absolute Gasteiger partial charge is 0.156 e.